The molecule has 1 aliphatic rings. The molecule has 1 N–H and O–H groups in total. The van der Waals surface area contributed by atoms with Crippen LogP contribution < -0.4 is 5.32 Å². The van der Waals surface area contributed by atoms with Crippen LogP contribution in [0.1, 0.15) is 29.2 Å². The maximum absolute atomic E-state index is 5.90. The fraction of sp³-hybridized carbons (Fsp3) is 0.294. The third-order valence-corrected chi connectivity index (χ3v) is 4.65. The summed E-state index contributed by atoms with van der Waals surface area (Å²) in [5.41, 5.74) is 4.27. The first-order chi connectivity index (χ1) is 9.72. The minimum Gasteiger partial charge on any atom is -0.310 e. The van der Waals surface area contributed by atoms with Crippen LogP contribution in [0.4, 0.5) is 0 Å². The molecule has 0 heterocycles. The van der Waals surface area contributed by atoms with Crippen molar-refractivity contribution >= 4 is 27.5 Å². The SMILES string of the molecule is Clc1ccc(CCNC2CCc3cc(Br)ccc32)cc1. The van der Waals surface area contributed by atoms with E-state index in [2.05, 4.69) is 51.6 Å². The van der Waals surface area contributed by atoms with Crippen LogP contribution in [0.25, 0.3) is 0 Å². The number of nitrogens with one attached hydrogen (secondary N) is 1. The summed E-state index contributed by atoms with van der Waals surface area (Å²) in [5, 5.41) is 4.47. The van der Waals surface area contributed by atoms with E-state index in [1.165, 1.54) is 34.0 Å². The Hall–Kier alpha value is -0.830. The minimum absolute atomic E-state index is 0.505. The molecule has 0 aromatic heterocycles. The van der Waals surface area contributed by atoms with Gasteiger partial charge in [-0.3, -0.25) is 0 Å². The van der Waals surface area contributed by atoms with Crippen molar-refractivity contribution in [2.75, 3.05) is 6.54 Å². The standard InChI is InChI=1S/C17H17BrClN/c18-14-4-7-16-13(11-14)3-8-17(16)20-10-9-12-1-5-15(19)6-2-12/h1-2,4-7,11,17,20H,3,8-10H2. The Morgan fingerprint density at radius 3 is 2.75 bits per heavy atom. The lowest BCUT2D eigenvalue weighted by Crippen LogP contribution is -2.21. The molecule has 0 aliphatic heterocycles. The first-order valence-electron chi connectivity index (χ1n) is 6.98. The Labute approximate surface area is 133 Å². The van der Waals surface area contributed by atoms with Crippen molar-refractivity contribution in [3.63, 3.8) is 0 Å². The molecule has 0 radical (unpaired) electrons. The minimum atomic E-state index is 0.505. The maximum Gasteiger partial charge on any atom is 0.0406 e. The molecule has 3 heteroatoms. The summed E-state index contributed by atoms with van der Waals surface area (Å²) >= 11 is 9.44. The average Bonchev–Trinajstić information content (AvgIpc) is 2.83. The Kier molecular flexibility index (Phi) is 4.45. The van der Waals surface area contributed by atoms with Gasteiger partial charge in [0.25, 0.3) is 0 Å². The smallest absolute Gasteiger partial charge is 0.0406 e. The van der Waals surface area contributed by atoms with E-state index in [1.807, 2.05) is 12.1 Å². The van der Waals surface area contributed by atoms with Crippen LogP contribution in [0, 0.1) is 0 Å². The fourth-order valence-electron chi connectivity index (χ4n) is 2.84. The molecular formula is C17H17BrClN. The van der Waals surface area contributed by atoms with Gasteiger partial charge in [-0.15, -0.1) is 0 Å². The van der Waals surface area contributed by atoms with E-state index in [1.54, 1.807) is 0 Å². The summed E-state index contributed by atoms with van der Waals surface area (Å²) < 4.78 is 1.18. The third-order valence-electron chi connectivity index (χ3n) is 3.90. The molecule has 3 rings (SSSR count). The molecule has 1 atom stereocenters. The van der Waals surface area contributed by atoms with Crippen molar-refractivity contribution in [3.8, 4) is 0 Å². The van der Waals surface area contributed by atoms with Crippen LogP contribution in [0.5, 0.6) is 0 Å². The van der Waals surface area contributed by atoms with Gasteiger partial charge in [0.15, 0.2) is 0 Å². The Balaban J connectivity index is 1.57. The summed E-state index contributed by atoms with van der Waals surface area (Å²) in [6.07, 6.45) is 3.42. The number of rotatable bonds is 4. The largest absolute Gasteiger partial charge is 0.310 e. The molecule has 0 saturated carbocycles. The molecule has 0 amide bonds. The van der Waals surface area contributed by atoms with Crippen molar-refractivity contribution in [3.05, 3.63) is 68.7 Å². The Morgan fingerprint density at radius 2 is 1.95 bits per heavy atom. The van der Waals surface area contributed by atoms with E-state index in [0.717, 1.165) is 18.0 Å². The molecule has 0 bridgehead atoms. The van der Waals surface area contributed by atoms with Gasteiger partial charge in [-0.1, -0.05) is 45.7 Å². The lowest BCUT2D eigenvalue weighted by Gasteiger charge is -2.14. The van der Waals surface area contributed by atoms with E-state index in [0.29, 0.717) is 6.04 Å². The number of fused-ring (bicyclic) bond motifs is 1. The number of hydrogen-bond donors (Lipinski definition) is 1. The van der Waals surface area contributed by atoms with Crippen LogP contribution in [0.3, 0.4) is 0 Å². The first kappa shape index (κ1) is 14.1. The summed E-state index contributed by atoms with van der Waals surface area (Å²) in [5.74, 6) is 0. The monoisotopic (exact) mass is 349 g/mol. The summed E-state index contributed by atoms with van der Waals surface area (Å²) in [6.45, 7) is 1.00. The molecule has 2 aromatic rings. The highest BCUT2D eigenvalue weighted by Crippen LogP contribution is 2.32. The maximum atomic E-state index is 5.90. The van der Waals surface area contributed by atoms with E-state index >= 15 is 0 Å². The lowest BCUT2D eigenvalue weighted by molar-refractivity contribution is 0.533. The fourth-order valence-corrected chi connectivity index (χ4v) is 3.37. The van der Waals surface area contributed by atoms with Crippen molar-refractivity contribution in [2.45, 2.75) is 25.3 Å². The molecule has 2 aromatic carbocycles. The van der Waals surface area contributed by atoms with Crippen LogP contribution in [-0.4, -0.2) is 6.54 Å². The number of hydrogen-bond acceptors (Lipinski definition) is 1. The second-order valence-corrected chi connectivity index (χ2v) is 6.62. The second-order valence-electron chi connectivity index (χ2n) is 5.26. The van der Waals surface area contributed by atoms with Gasteiger partial charge in [-0.05, 0) is 66.8 Å². The zero-order valence-electron chi connectivity index (χ0n) is 11.2. The third kappa shape index (κ3) is 3.25. The van der Waals surface area contributed by atoms with Crippen molar-refractivity contribution in [2.24, 2.45) is 0 Å². The molecule has 1 unspecified atom stereocenters. The van der Waals surface area contributed by atoms with E-state index in [-0.39, 0.29) is 0 Å². The van der Waals surface area contributed by atoms with Gasteiger partial charge in [0, 0.05) is 15.5 Å². The molecule has 104 valence electrons. The number of aryl methyl sites for hydroxylation is 1. The molecular weight excluding hydrogens is 334 g/mol. The average molecular weight is 351 g/mol. The summed E-state index contributed by atoms with van der Waals surface area (Å²) in [4.78, 5) is 0. The topological polar surface area (TPSA) is 12.0 Å². The molecule has 0 saturated heterocycles. The van der Waals surface area contributed by atoms with Gasteiger partial charge in [0.05, 0.1) is 0 Å². The van der Waals surface area contributed by atoms with Crippen molar-refractivity contribution in [1.82, 2.24) is 5.32 Å². The van der Waals surface area contributed by atoms with Gasteiger partial charge in [-0.2, -0.15) is 0 Å². The zero-order chi connectivity index (χ0) is 13.9. The van der Waals surface area contributed by atoms with Crippen LogP contribution in [0.15, 0.2) is 46.9 Å². The number of halogens is 2. The summed E-state index contributed by atoms with van der Waals surface area (Å²) in [6, 6.07) is 15.2. The first-order valence-corrected chi connectivity index (χ1v) is 8.15. The molecule has 0 spiro atoms. The quantitative estimate of drug-likeness (QED) is 0.825. The van der Waals surface area contributed by atoms with Gasteiger partial charge in [0.1, 0.15) is 0 Å². The molecule has 1 nitrogen and oxygen atoms in total. The van der Waals surface area contributed by atoms with Gasteiger partial charge in [0.2, 0.25) is 0 Å². The van der Waals surface area contributed by atoms with E-state index in [9.17, 15) is 0 Å². The van der Waals surface area contributed by atoms with E-state index < -0.39 is 0 Å². The van der Waals surface area contributed by atoms with Gasteiger partial charge in [-0.25, -0.2) is 0 Å². The second kappa shape index (κ2) is 6.30. The van der Waals surface area contributed by atoms with E-state index in [4.69, 9.17) is 11.6 Å². The molecule has 20 heavy (non-hydrogen) atoms. The van der Waals surface area contributed by atoms with Gasteiger partial charge < -0.3 is 5.32 Å². The Bertz CT molecular complexity index is 594. The molecule has 0 fully saturated rings. The lowest BCUT2D eigenvalue weighted by atomic mass is 10.1. The van der Waals surface area contributed by atoms with Crippen LogP contribution in [-0.2, 0) is 12.8 Å². The van der Waals surface area contributed by atoms with Crippen LogP contribution >= 0.6 is 27.5 Å². The number of benzene rings is 2. The highest BCUT2D eigenvalue weighted by atomic mass is 79.9. The van der Waals surface area contributed by atoms with Crippen molar-refractivity contribution < 1.29 is 0 Å². The molecule has 1 aliphatic carbocycles. The van der Waals surface area contributed by atoms with Crippen LogP contribution in [0.2, 0.25) is 5.02 Å². The van der Waals surface area contributed by atoms with Gasteiger partial charge >= 0.3 is 0 Å². The summed E-state index contributed by atoms with van der Waals surface area (Å²) in [7, 11) is 0. The predicted molar refractivity (Wildman–Crippen MR) is 88.4 cm³/mol. The Morgan fingerprint density at radius 1 is 1.15 bits per heavy atom. The highest BCUT2D eigenvalue weighted by Gasteiger charge is 2.21. The van der Waals surface area contributed by atoms with Crippen molar-refractivity contribution in [1.29, 1.82) is 0 Å². The zero-order valence-corrected chi connectivity index (χ0v) is 13.5. The highest BCUT2D eigenvalue weighted by molar-refractivity contribution is 9.10. The normalized spacial score (nSPS) is 17.2. The predicted octanol–water partition coefficient (Wildman–Crippen LogP) is 4.92.